The molecular formula is C34H38O4. The number of hydrogen-bond acceptors (Lipinski definition) is 4. The van der Waals surface area contributed by atoms with Gasteiger partial charge in [-0.15, -0.1) is 0 Å². The van der Waals surface area contributed by atoms with E-state index < -0.39 is 0 Å². The number of benzene rings is 3. The molecule has 0 aliphatic rings. The Morgan fingerprint density at radius 1 is 0.368 bits per heavy atom. The number of hydrogen-bond donors (Lipinski definition) is 0. The Morgan fingerprint density at radius 3 is 0.763 bits per heavy atom. The summed E-state index contributed by atoms with van der Waals surface area (Å²) in [4.78, 5) is 51.3. The van der Waals surface area contributed by atoms with Crippen molar-refractivity contribution in [2.75, 3.05) is 0 Å². The fourth-order valence-corrected chi connectivity index (χ4v) is 4.35. The second kappa shape index (κ2) is 11.8. The van der Waals surface area contributed by atoms with Gasteiger partial charge in [-0.3, -0.25) is 19.2 Å². The number of carbonyl (C=O) groups excluding carboxylic acids is 4. The molecule has 0 saturated heterocycles. The monoisotopic (exact) mass is 510 g/mol. The Labute approximate surface area is 226 Å². The van der Waals surface area contributed by atoms with Crippen molar-refractivity contribution in [2.45, 2.75) is 55.4 Å². The van der Waals surface area contributed by atoms with Crippen molar-refractivity contribution in [3.8, 4) is 22.3 Å². The van der Waals surface area contributed by atoms with Gasteiger partial charge in [0, 0.05) is 45.9 Å². The zero-order valence-corrected chi connectivity index (χ0v) is 23.7. The smallest absolute Gasteiger partial charge is 0.165 e. The third kappa shape index (κ3) is 6.42. The zero-order chi connectivity index (χ0) is 28.3. The van der Waals surface area contributed by atoms with E-state index in [0.717, 1.165) is 22.3 Å². The first-order valence-corrected chi connectivity index (χ1v) is 13.4. The summed E-state index contributed by atoms with van der Waals surface area (Å²) in [5, 5.41) is 0. The molecule has 0 atom stereocenters. The zero-order valence-electron chi connectivity index (χ0n) is 23.7. The molecule has 3 aromatic carbocycles. The van der Waals surface area contributed by atoms with Gasteiger partial charge in [0.25, 0.3) is 0 Å². The van der Waals surface area contributed by atoms with E-state index in [1.165, 1.54) is 0 Å². The summed E-state index contributed by atoms with van der Waals surface area (Å²) in [5.74, 6) is -0.746. The van der Waals surface area contributed by atoms with Crippen LogP contribution in [-0.4, -0.2) is 23.1 Å². The van der Waals surface area contributed by atoms with E-state index in [0.29, 0.717) is 22.3 Å². The lowest BCUT2D eigenvalue weighted by atomic mass is 9.89. The SMILES string of the molecule is CC(C)C(=O)c1cc(C(=O)C(C)C)cc(-c2ccc(-c3cc(C(=O)C(C)C)cc(C(=O)C(C)C)c3)cc2)c1. The third-order valence-electron chi connectivity index (χ3n) is 6.65. The average Bonchev–Trinajstić information content (AvgIpc) is 2.90. The van der Waals surface area contributed by atoms with E-state index in [1.807, 2.05) is 104 Å². The van der Waals surface area contributed by atoms with E-state index in [4.69, 9.17) is 0 Å². The minimum Gasteiger partial charge on any atom is -0.294 e. The normalized spacial score (nSPS) is 11.5. The van der Waals surface area contributed by atoms with Crippen LogP contribution in [0.3, 0.4) is 0 Å². The van der Waals surface area contributed by atoms with Crippen LogP contribution in [0, 0.1) is 23.7 Å². The van der Waals surface area contributed by atoms with Crippen molar-refractivity contribution < 1.29 is 19.2 Å². The fourth-order valence-electron chi connectivity index (χ4n) is 4.35. The molecule has 0 radical (unpaired) electrons. The van der Waals surface area contributed by atoms with Crippen LogP contribution >= 0.6 is 0 Å². The van der Waals surface area contributed by atoms with Crippen LogP contribution in [0.2, 0.25) is 0 Å². The van der Waals surface area contributed by atoms with Crippen LogP contribution in [-0.2, 0) is 0 Å². The quantitative estimate of drug-likeness (QED) is 0.257. The predicted octanol–water partition coefficient (Wildman–Crippen LogP) is 8.38. The first kappa shape index (κ1) is 28.9. The molecule has 4 heteroatoms. The van der Waals surface area contributed by atoms with E-state index in [9.17, 15) is 19.2 Å². The van der Waals surface area contributed by atoms with Crippen molar-refractivity contribution in [3.63, 3.8) is 0 Å². The summed E-state index contributed by atoms with van der Waals surface area (Å²) in [6.07, 6.45) is 0. The topological polar surface area (TPSA) is 68.3 Å². The Kier molecular flexibility index (Phi) is 8.98. The summed E-state index contributed by atoms with van der Waals surface area (Å²) >= 11 is 0. The van der Waals surface area contributed by atoms with E-state index in [2.05, 4.69) is 0 Å². The average molecular weight is 511 g/mol. The van der Waals surface area contributed by atoms with Crippen molar-refractivity contribution in [2.24, 2.45) is 23.7 Å². The maximum absolute atomic E-state index is 12.8. The van der Waals surface area contributed by atoms with Gasteiger partial charge in [-0.2, -0.15) is 0 Å². The second-order valence-corrected chi connectivity index (χ2v) is 11.3. The van der Waals surface area contributed by atoms with E-state index in [-0.39, 0.29) is 46.8 Å². The molecule has 0 bridgehead atoms. The molecule has 0 fully saturated rings. The lowest BCUT2D eigenvalue weighted by Gasteiger charge is -2.14. The van der Waals surface area contributed by atoms with E-state index in [1.54, 1.807) is 12.1 Å². The minimum atomic E-state index is -0.182. The molecule has 0 amide bonds. The number of rotatable bonds is 10. The van der Waals surface area contributed by atoms with Crippen LogP contribution in [0.1, 0.15) is 96.8 Å². The highest BCUT2D eigenvalue weighted by Crippen LogP contribution is 2.30. The maximum atomic E-state index is 12.8. The van der Waals surface area contributed by atoms with Crippen molar-refractivity contribution in [1.82, 2.24) is 0 Å². The molecule has 198 valence electrons. The minimum absolute atomic E-state index is 0.00439. The molecule has 0 N–H and O–H groups in total. The van der Waals surface area contributed by atoms with Gasteiger partial charge in [0.05, 0.1) is 0 Å². The van der Waals surface area contributed by atoms with Crippen LogP contribution in [0.4, 0.5) is 0 Å². The fraction of sp³-hybridized carbons (Fsp3) is 0.353. The van der Waals surface area contributed by atoms with Gasteiger partial charge in [-0.25, -0.2) is 0 Å². The molecular weight excluding hydrogens is 472 g/mol. The first-order chi connectivity index (χ1) is 17.8. The number of Topliss-reactive ketones (excluding diaryl/α,β-unsaturated/α-hetero) is 4. The highest BCUT2D eigenvalue weighted by Gasteiger charge is 2.19. The number of carbonyl (C=O) groups is 4. The summed E-state index contributed by atoms with van der Waals surface area (Å²) in [6, 6.07) is 18.5. The van der Waals surface area contributed by atoms with Gasteiger partial charge in [0.2, 0.25) is 0 Å². The standard InChI is InChI=1S/C34H38O4/c1-19(2)31(35)27-13-25(14-28(17-27)32(36)20(3)4)23-9-11-24(12-10-23)26-15-29(33(37)21(5)6)18-30(16-26)34(38)22(7)8/h9-22H,1-8H3. The maximum Gasteiger partial charge on any atom is 0.165 e. The highest BCUT2D eigenvalue weighted by molar-refractivity contribution is 6.05. The highest BCUT2D eigenvalue weighted by atomic mass is 16.1. The van der Waals surface area contributed by atoms with Gasteiger partial charge < -0.3 is 0 Å². The molecule has 0 saturated carbocycles. The summed E-state index contributed by atoms with van der Waals surface area (Å²) < 4.78 is 0. The molecule has 3 aromatic rings. The van der Waals surface area contributed by atoms with Crippen molar-refractivity contribution in [1.29, 1.82) is 0 Å². The Bertz CT molecular complexity index is 1190. The van der Waals surface area contributed by atoms with E-state index >= 15 is 0 Å². The van der Waals surface area contributed by atoms with Gasteiger partial charge in [-0.1, -0.05) is 79.7 Å². The second-order valence-electron chi connectivity index (χ2n) is 11.3. The molecule has 0 spiro atoms. The van der Waals surface area contributed by atoms with Gasteiger partial charge in [0.1, 0.15) is 0 Å². The third-order valence-corrected chi connectivity index (χ3v) is 6.65. The molecule has 0 unspecified atom stereocenters. The summed E-state index contributed by atoms with van der Waals surface area (Å²) in [7, 11) is 0. The van der Waals surface area contributed by atoms with Crippen LogP contribution < -0.4 is 0 Å². The number of ketones is 4. The summed E-state index contributed by atoms with van der Waals surface area (Å²) in [5.41, 5.74) is 5.46. The molecule has 38 heavy (non-hydrogen) atoms. The van der Waals surface area contributed by atoms with Gasteiger partial charge in [-0.05, 0) is 58.7 Å². The molecule has 4 nitrogen and oxygen atoms in total. The molecule has 0 aliphatic carbocycles. The largest absolute Gasteiger partial charge is 0.294 e. The lowest BCUT2D eigenvalue weighted by molar-refractivity contribution is 0.0924. The van der Waals surface area contributed by atoms with Crippen LogP contribution in [0.15, 0.2) is 60.7 Å². The molecule has 0 aliphatic heterocycles. The Balaban J connectivity index is 2.10. The van der Waals surface area contributed by atoms with Crippen molar-refractivity contribution >= 4 is 23.1 Å². The molecule has 0 heterocycles. The van der Waals surface area contributed by atoms with Crippen molar-refractivity contribution in [3.05, 3.63) is 82.9 Å². The lowest BCUT2D eigenvalue weighted by Crippen LogP contribution is -2.12. The molecule has 0 aromatic heterocycles. The van der Waals surface area contributed by atoms with Crippen LogP contribution in [0.25, 0.3) is 22.3 Å². The Morgan fingerprint density at radius 2 is 0.579 bits per heavy atom. The first-order valence-electron chi connectivity index (χ1n) is 13.4. The Hall–Kier alpha value is -3.66. The van der Waals surface area contributed by atoms with Crippen LogP contribution in [0.5, 0.6) is 0 Å². The van der Waals surface area contributed by atoms with Gasteiger partial charge >= 0.3 is 0 Å². The summed E-state index contributed by atoms with van der Waals surface area (Å²) in [6.45, 7) is 14.8. The predicted molar refractivity (Wildman–Crippen MR) is 154 cm³/mol. The molecule has 3 rings (SSSR count). The van der Waals surface area contributed by atoms with Gasteiger partial charge in [0.15, 0.2) is 23.1 Å².